The van der Waals surface area contributed by atoms with Crippen molar-refractivity contribution in [3.05, 3.63) is 34.9 Å². The third-order valence-corrected chi connectivity index (χ3v) is 4.22. The predicted octanol–water partition coefficient (Wildman–Crippen LogP) is 2.97. The second-order valence-corrected chi connectivity index (χ2v) is 7.05. The Bertz CT molecular complexity index is 508. The number of hydrogen-bond donors (Lipinski definition) is 1. The number of piperidine rings is 1. The van der Waals surface area contributed by atoms with Gasteiger partial charge in [-0.05, 0) is 59.2 Å². The van der Waals surface area contributed by atoms with E-state index < -0.39 is 5.60 Å². The lowest BCUT2D eigenvalue weighted by molar-refractivity contribution is 0.0247. The zero-order chi connectivity index (χ0) is 15.6. The first-order valence-corrected chi connectivity index (χ1v) is 7.82. The number of Topliss-reactive ketones (excluding diaryl/α,β-unsaturated/α-hetero) is 1. The molecule has 3 nitrogen and oxygen atoms in total. The molecule has 3 heteroatoms. The van der Waals surface area contributed by atoms with Crippen LogP contribution >= 0.6 is 0 Å². The molecular weight excluding hydrogens is 262 g/mol. The van der Waals surface area contributed by atoms with Crippen molar-refractivity contribution < 1.29 is 9.90 Å². The molecule has 0 aliphatic carbocycles. The van der Waals surface area contributed by atoms with Gasteiger partial charge in [0.1, 0.15) is 0 Å². The van der Waals surface area contributed by atoms with Crippen LogP contribution in [0.5, 0.6) is 0 Å². The lowest BCUT2D eigenvalue weighted by atomic mass is 9.86. The molecule has 2 rings (SSSR count). The maximum absolute atomic E-state index is 12.7. The molecule has 0 bridgehead atoms. The molecule has 0 aromatic heterocycles. The highest BCUT2D eigenvalue weighted by molar-refractivity contribution is 5.99. The minimum Gasteiger partial charge on any atom is -0.389 e. The number of rotatable bonds is 4. The van der Waals surface area contributed by atoms with Gasteiger partial charge in [0.15, 0.2) is 5.78 Å². The smallest absolute Gasteiger partial charge is 0.166 e. The van der Waals surface area contributed by atoms with Crippen LogP contribution in [-0.4, -0.2) is 41.0 Å². The van der Waals surface area contributed by atoms with E-state index in [0.717, 1.165) is 37.1 Å². The highest BCUT2D eigenvalue weighted by Crippen LogP contribution is 2.24. The number of nitrogens with zero attached hydrogens (tertiary/aromatic N) is 1. The summed E-state index contributed by atoms with van der Waals surface area (Å²) >= 11 is 0. The first-order valence-electron chi connectivity index (χ1n) is 7.82. The number of β-amino-alcohol motifs (C(OH)–C–C–N with tert-alkyl or cyclic N) is 1. The quantitative estimate of drug-likeness (QED) is 0.866. The molecule has 1 aromatic carbocycles. The summed E-state index contributed by atoms with van der Waals surface area (Å²) < 4.78 is 0. The van der Waals surface area contributed by atoms with Gasteiger partial charge < -0.3 is 10.0 Å². The van der Waals surface area contributed by atoms with Crippen LogP contribution in [0.3, 0.4) is 0 Å². The van der Waals surface area contributed by atoms with Crippen LogP contribution in [0.2, 0.25) is 0 Å². The molecule has 1 aliphatic heterocycles. The maximum atomic E-state index is 12.7. The highest BCUT2D eigenvalue weighted by Gasteiger charge is 2.28. The van der Waals surface area contributed by atoms with Gasteiger partial charge in [0.25, 0.3) is 0 Å². The molecule has 0 atom stereocenters. The molecule has 0 radical (unpaired) electrons. The number of aryl methyl sites for hydroxylation is 2. The van der Waals surface area contributed by atoms with Crippen molar-refractivity contribution in [1.82, 2.24) is 4.90 Å². The number of carbonyl (C=O) groups is 1. The van der Waals surface area contributed by atoms with Crippen molar-refractivity contribution in [2.24, 2.45) is 5.92 Å². The molecule has 1 saturated heterocycles. The molecule has 0 spiro atoms. The van der Waals surface area contributed by atoms with Crippen LogP contribution in [0.25, 0.3) is 0 Å². The number of aliphatic hydroxyl groups is 1. The number of benzene rings is 1. The summed E-state index contributed by atoms with van der Waals surface area (Å²) in [4.78, 5) is 14.9. The topological polar surface area (TPSA) is 40.5 Å². The summed E-state index contributed by atoms with van der Waals surface area (Å²) in [7, 11) is 0. The minimum absolute atomic E-state index is 0.129. The summed E-state index contributed by atoms with van der Waals surface area (Å²) in [5.74, 6) is 0.417. The molecular formula is C18H27NO2. The van der Waals surface area contributed by atoms with E-state index in [2.05, 4.69) is 17.9 Å². The normalized spacial score (nSPS) is 18.0. The fraction of sp³-hybridized carbons (Fsp3) is 0.611. The Labute approximate surface area is 128 Å². The summed E-state index contributed by atoms with van der Waals surface area (Å²) in [6.45, 7) is 10.2. The standard InChI is InChI=1S/C18H27NO2/c1-13-5-6-16(14(2)11-13)17(20)15-7-9-19(10-8-15)12-18(3,4)21/h5-6,11,15,21H,7-10,12H2,1-4H3. The van der Waals surface area contributed by atoms with Crippen molar-refractivity contribution >= 4 is 5.78 Å². The Morgan fingerprint density at radius 2 is 1.90 bits per heavy atom. The molecule has 21 heavy (non-hydrogen) atoms. The van der Waals surface area contributed by atoms with Gasteiger partial charge in [0, 0.05) is 18.0 Å². The minimum atomic E-state index is -0.662. The van der Waals surface area contributed by atoms with Crippen molar-refractivity contribution in [3.8, 4) is 0 Å². The van der Waals surface area contributed by atoms with Crippen LogP contribution in [0, 0.1) is 19.8 Å². The monoisotopic (exact) mass is 289 g/mol. The van der Waals surface area contributed by atoms with E-state index in [4.69, 9.17) is 0 Å². The van der Waals surface area contributed by atoms with Crippen molar-refractivity contribution in [2.45, 2.75) is 46.1 Å². The Morgan fingerprint density at radius 1 is 1.29 bits per heavy atom. The fourth-order valence-corrected chi connectivity index (χ4v) is 3.21. The lowest BCUT2D eigenvalue weighted by Crippen LogP contribution is -2.44. The SMILES string of the molecule is Cc1ccc(C(=O)C2CCN(CC(C)(C)O)CC2)c(C)c1. The Morgan fingerprint density at radius 3 is 2.43 bits per heavy atom. The number of likely N-dealkylation sites (tertiary alicyclic amines) is 1. The molecule has 0 unspecified atom stereocenters. The van der Waals surface area contributed by atoms with E-state index in [9.17, 15) is 9.90 Å². The predicted molar refractivity (Wildman–Crippen MR) is 85.7 cm³/mol. The molecule has 1 aliphatic rings. The Hall–Kier alpha value is -1.19. The second kappa shape index (κ2) is 6.29. The van der Waals surface area contributed by atoms with E-state index in [0.29, 0.717) is 6.54 Å². The number of ketones is 1. The van der Waals surface area contributed by atoms with Crippen LogP contribution in [0.1, 0.15) is 48.2 Å². The largest absolute Gasteiger partial charge is 0.389 e. The molecule has 1 fully saturated rings. The van der Waals surface area contributed by atoms with E-state index >= 15 is 0 Å². The average molecular weight is 289 g/mol. The van der Waals surface area contributed by atoms with Crippen molar-refractivity contribution in [3.63, 3.8) is 0 Å². The van der Waals surface area contributed by atoms with Crippen LogP contribution < -0.4 is 0 Å². The average Bonchev–Trinajstić information content (AvgIpc) is 2.37. The molecule has 116 valence electrons. The van der Waals surface area contributed by atoms with Gasteiger partial charge in [-0.1, -0.05) is 23.8 Å². The summed E-state index contributed by atoms with van der Waals surface area (Å²) in [5.41, 5.74) is 2.49. The van der Waals surface area contributed by atoms with Gasteiger partial charge in [-0.15, -0.1) is 0 Å². The van der Waals surface area contributed by atoms with Crippen LogP contribution in [0.15, 0.2) is 18.2 Å². The zero-order valence-electron chi connectivity index (χ0n) is 13.6. The molecule has 0 amide bonds. The van der Waals surface area contributed by atoms with Crippen LogP contribution in [0.4, 0.5) is 0 Å². The van der Waals surface area contributed by atoms with Gasteiger partial charge in [-0.2, -0.15) is 0 Å². The summed E-state index contributed by atoms with van der Waals surface area (Å²) in [6.07, 6.45) is 1.78. The van der Waals surface area contributed by atoms with Crippen molar-refractivity contribution in [2.75, 3.05) is 19.6 Å². The molecule has 1 heterocycles. The number of hydrogen-bond acceptors (Lipinski definition) is 3. The van der Waals surface area contributed by atoms with E-state index in [1.54, 1.807) is 0 Å². The maximum Gasteiger partial charge on any atom is 0.166 e. The van der Waals surface area contributed by atoms with Gasteiger partial charge in [0.05, 0.1) is 5.60 Å². The van der Waals surface area contributed by atoms with E-state index in [-0.39, 0.29) is 11.7 Å². The second-order valence-electron chi connectivity index (χ2n) is 7.05. The van der Waals surface area contributed by atoms with Crippen molar-refractivity contribution in [1.29, 1.82) is 0 Å². The lowest BCUT2D eigenvalue weighted by Gasteiger charge is -2.34. The first-order chi connectivity index (χ1) is 9.76. The van der Waals surface area contributed by atoms with Gasteiger partial charge >= 0.3 is 0 Å². The summed E-state index contributed by atoms with van der Waals surface area (Å²) in [5, 5.41) is 9.88. The van der Waals surface area contributed by atoms with E-state index in [1.807, 2.05) is 32.9 Å². The van der Waals surface area contributed by atoms with Gasteiger partial charge in [-0.3, -0.25) is 4.79 Å². The van der Waals surface area contributed by atoms with E-state index in [1.165, 1.54) is 5.56 Å². The third-order valence-electron chi connectivity index (χ3n) is 4.22. The Kier molecular flexibility index (Phi) is 4.84. The first kappa shape index (κ1) is 16.2. The molecule has 1 aromatic rings. The number of carbonyl (C=O) groups excluding carboxylic acids is 1. The third kappa shape index (κ3) is 4.39. The van der Waals surface area contributed by atoms with Gasteiger partial charge in [0.2, 0.25) is 0 Å². The van der Waals surface area contributed by atoms with Gasteiger partial charge in [-0.25, -0.2) is 0 Å². The molecule has 0 saturated carbocycles. The van der Waals surface area contributed by atoms with Crippen LogP contribution in [-0.2, 0) is 0 Å². The highest BCUT2D eigenvalue weighted by atomic mass is 16.3. The molecule has 1 N–H and O–H groups in total. The summed E-state index contributed by atoms with van der Waals surface area (Å²) in [6, 6.07) is 6.07. The fourth-order valence-electron chi connectivity index (χ4n) is 3.21. The zero-order valence-corrected chi connectivity index (χ0v) is 13.6. The Balaban J connectivity index is 1.97.